The zero-order valence-corrected chi connectivity index (χ0v) is 11.2. The Hall–Kier alpha value is -1.54. The van der Waals surface area contributed by atoms with Gasteiger partial charge in [0.15, 0.2) is 0 Å². The Bertz CT molecular complexity index is 532. The molecule has 2 nitrogen and oxygen atoms in total. The van der Waals surface area contributed by atoms with Crippen LogP contribution in [0.3, 0.4) is 0 Å². The highest BCUT2D eigenvalue weighted by Gasteiger charge is 2.14. The second kappa shape index (κ2) is 5.40. The minimum absolute atomic E-state index is 0.147. The lowest BCUT2D eigenvalue weighted by Crippen LogP contribution is -2.12. The van der Waals surface area contributed by atoms with E-state index in [2.05, 4.69) is 13.0 Å². The molecule has 0 aromatic heterocycles. The molecule has 0 fully saturated rings. The van der Waals surface area contributed by atoms with E-state index in [0.29, 0.717) is 0 Å². The topological polar surface area (TPSA) is 29.5 Å². The molecule has 0 aliphatic heterocycles. The van der Waals surface area contributed by atoms with Crippen molar-refractivity contribution < 1.29 is 9.84 Å². The van der Waals surface area contributed by atoms with E-state index in [1.807, 2.05) is 37.3 Å². The average Bonchev–Trinajstić information content (AvgIpc) is 2.38. The second-order valence-corrected chi connectivity index (χ2v) is 4.72. The molecule has 0 saturated heterocycles. The molecule has 96 valence electrons. The van der Waals surface area contributed by atoms with Crippen LogP contribution in [-0.2, 0) is 0 Å². The Morgan fingerprint density at radius 2 is 1.83 bits per heavy atom. The standard InChI is InChI=1S/C16H20O2/c1-4-11(2)18-16-14(12(3)17)10-9-13-7-5-6-8-15(13)16/h5-12,17H,4H2,1-3H3/t11?,12-/m0/s1. The van der Waals surface area contributed by atoms with E-state index in [9.17, 15) is 5.11 Å². The number of ether oxygens (including phenoxy) is 1. The fourth-order valence-corrected chi connectivity index (χ4v) is 2.00. The van der Waals surface area contributed by atoms with Crippen LogP contribution in [0.5, 0.6) is 5.75 Å². The summed E-state index contributed by atoms with van der Waals surface area (Å²) in [6, 6.07) is 12.1. The number of benzene rings is 2. The summed E-state index contributed by atoms with van der Waals surface area (Å²) in [5.74, 6) is 0.817. The highest BCUT2D eigenvalue weighted by Crippen LogP contribution is 2.34. The fraction of sp³-hybridized carbons (Fsp3) is 0.375. The third-order valence-corrected chi connectivity index (χ3v) is 3.25. The van der Waals surface area contributed by atoms with Crippen molar-refractivity contribution in [2.75, 3.05) is 0 Å². The molecule has 18 heavy (non-hydrogen) atoms. The van der Waals surface area contributed by atoms with Crippen LogP contribution in [0.25, 0.3) is 10.8 Å². The van der Waals surface area contributed by atoms with E-state index in [1.165, 1.54) is 0 Å². The van der Waals surface area contributed by atoms with Gasteiger partial charge in [-0.25, -0.2) is 0 Å². The first-order valence-electron chi connectivity index (χ1n) is 6.49. The highest BCUT2D eigenvalue weighted by atomic mass is 16.5. The van der Waals surface area contributed by atoms with E-state index in [1.54, 1.807) is 6.92 Å². The Morgan fingerprint density at radius 1 is 1.11 bits per heavy atom. The van der Waals surface area contributed by atoms with Crippen LogP contribution < -0.4 is 4.74 Å². The molecule has 1 unspecified atom stereocenters. The first-order valence-corrected chi connectivity index (χ1v) is 6.49. The van der Waals surface area contributed by atoms with Crippen LogP contribution in [0.15, 0.2) is 36.4 Å². The zero-order valence-electron chi connectivity index (χ0n) is 11.2. The largest absolute Gasteiger partial charge is 0.490 e. The molecule has 0 saturated carbocycles. The third kappa shape index (κ3) is 2.49. The van der Waals surface area contributed by atoms with Gasteiger partial charge in [-0.2, -0.15) is 0 Å². The molecule has 2 rings (SSSR count). The summed E-state index contributed by atoms with van der Waals surface area (Å²) in [5.41, 5.74) is 0.856. The van der Waals surface area contributed by atoms with Gasteiger partial charge in [0.25, 0.3) is 0 Å². The van der Waals surface area contributed by atoms with Gasteiger partial charge in [-0.1, -0.05) is 43.3 Å². The normalized spacial score (nSPS) is 14.4. The van der Waals surface area contributed by atoms with Crippen molar-refractivity contribution in [3.8, 4) is 5.75 Å². The van der Waals surface area contributed by atoms with Crippen molar-refractivity contribution in [3.63, 3.8) is 0 Å². The van der Waals surface area contributed by atoms with Crippen LogP contribution in [-0.4, -0.2) is 11.2 Å². The van der Waals surface area contributed by atoms with Crippen LogP contribution in [0.1, 0.15) is 38.9 Å². The summed E-state index contributed by atoms with van der Waals surface area (Å²) in [7, 11) is 0. The molecule has 0 bridgehead atoms. The van der Waals surface area contributed by atoms with Crippen molar-refractivity contribution in [2.45, 2.75) is 39.4 Å². The lowest BCUT2D eigenvalue weighted by atomic mass is 10.0. The first kappa shape index (κ1) is 12.9. The minimum Gasteiger partial charge on any atom is -0.490 e. The summed E-state index contributed by atoms with van der Waals surface area (Å²) in [4.78, 5) is 0. The number of aliphatic hydroxyl groups excluding tert-OH is 1. The van der Waals surface area contributed by atoms with E-state index in [4.69, 9.17) is 4.74 Å². The van der Waals surface area contributed by atoms with Gasteiger partial charge in [0, 0.05) is 10.9 Å². The Morgan fingerprint density at radius 3 is 2.50 bits per heavy atom. The van der Waals surface area contributed by atoms with E-state index in [-0.39, 0.29) is 6.10 Å². The molecular weight excluding hydrogens is 224 g/mol. The predicted octanol–water partition coefficient (Wildman–Crippen LogP) is 4.07. The van der Waals surface area contributed by atoms with Gasteiger partial charge in [-0.15, -0.1) is 0 Å². The van der Waals surface area contributed by atoms with Gasteiger partial charge >= 0.3 is 0 Å². The molecule has 2 atom stereocenters. The van der Waals surface area contributed by atoms with Gasteiger partial charge in [0.05, 0.1) is 12.2 Å². The van der Waals surface area contributed by atoms with Crippen LogP contribution in [0, 0.1) is 0 Å². The number of fused-ring (bicyclic) bond motifs is 1. The minimum atomic E-state index is -0.520. The molecule has 2 heteroatoms. The summed E-state index contributed by atoms with van der Waals surface area (Å²) in [5, 5.41) is 12.1. The third-order valence-electron chi connectivity index (χ3n) is 3.25. The maximum atomic E-state index is 9.87. The summed E-state index contributed by atoms with van der Waals surface area (Å²) >= 11 is 0. The molecule has 0 aliphatic carbocycles. The summed E-state index contributed by atoms with van der Waals surface area (Å²) in [6.45, 7) is 5.92. The molecule has 0 amide bonds. The van der Waals surface area contributed by atoms with E-state index in [0.717, 1.165) is 28.5 Å². The molecule has 0 aliphatic rings. The quantitative estimate of drug-likeness (QED) is 0.878. The van der Waals surface area contributed by atoms with Crippen molar-refractivity contribution in [2.24, 2.45) is 0 Å². The molecule has 0 radical (unpaired) electrons. The number of hydrogen-bond donors (Lipinski definition) is 1. The smallest absolute Gasteiger partial charge is 0.133 e. The maximum Gasteiger partial charge on any atom is 0.133 e. The summed E-state index contributed by atoms with van der Waals surface area (Å²) in [6.07, 6.45) is 0.574. The van der Waals surface area contributed by atoms with Crippen LogP contribution in [0.2, 0.25) is 0 Å². The van der Waals surface area contributed by atoms with E-state index >= 15 is 0 Å². The Kier molecular flexibility index (Phi) is 3.87. The molecule has 0 heterocycles. The highest BCUT2D eigenvalue weighted by molar-refractivity contribution is 5.89. The molecular formula is C16H20O2. The van der Waals surface area contributed by atoms with Crippen LogP contribution >= 0.6 is 0 Å². The van der Waals surface area contributed by atoms with Crippen molar-refractivity contribution in [1.82, 2.24) is 0 Å². The SMILES string of the molecule is CCC(C)Oc1c([C@H](C)O)ccc2ccccc12. The molecule has 0 spiro atoms. The van der Waals surface area contributed by atoms with Gasteiger partial charge in [0.2, 0.25) is 0 Å². The first-order chi connectivity index (χ1) is 8.63. The van der Waals surface area contributed by atoms with Crippen molar-refractivity contribution >= 4 is 10.8 Å². The monoisotopic (exact) mass is 244 g/mol. The number of aliphatic hydroxyl groups is 1. The van der Waals surface area contributed by atoms with Gasteiger partial charge in [-0.05, 0) is 25.7 Å². The lowest BCUT2D eigenvalue weighted by molar-refractivity contribution is 0.178. The predicted molar refractivity (Wildman–Crippen MR) is 75.0 cm³/mol. The number of hydrogen-bond acceptors (Lipinski definition) is 2. The lowest BCUT2D eigenvalue weighted by Gasteiger charge is -2.19. The van der Waals surface area contributed by atoms with Gasteiger partial charge < -0.3 is 9.84 Å². The second-order valence-electron chi connectivity index (χ2n) is 4.72. The Labute approximate surface area is 108 Å². The molecule has 2 aromatic rings. The Balaban J connectivity index is 2.59. The number of rotatable bonds is 4. The maximum absolute atomic E-state index is 9.87. The zero-order chi connectivity index (χ0) is 13.1. The average molecular weight is 244 g/mol. The van der Waals surface area contributed by atoms with Crippen molar-refractivity contribution in [1.29, 1.82) is 0 Å². The molecule has 1 N–H and O–H groups in total. The fourth-order valence-electron chi connectivity index (χ4n) is 2.00. The van der Waals surface area contributed by atoms with E-state index < -0.39 is 6.10 Å². The van der Waals surface area contributed by atoms with Gasteiger partial charge in [-0.3, -0.25) is 0 Å². The van der Waals surface area contributed by atoms with Crippen molar-refractivity contribution in [3.05, 3.63) is 42.0 Å². The van der Waals surface area contributed by atoms with Crippen LogP contribution in [0.4, 0.5) is 0 Å². The van der Waals surface area contributed by atoms with Gasteiger partial charge in [0.1, 0.15) is 5.75 Å². The summed E-state index contributed by atoms with van der Waals surface area (Å²) < 4.78 is 6.01. The molecule has 2 aromatic carbocycles.